The van der Waals surface area contributed by atoms with Crippen LogP contribution >= 0.6 is 0 Å². The fourth-order valence-electron chi connectivity index (χ4n) is 2.83. The van der Waals surface area contributed by atoms with Crippen molar-refractivity contribution >= 4 is 11.9 Å². The largest absolute Gasteiger partial charge is 0.492 e. The molecule has 0 bridgehead atoms. The van der Waals surface area contributed by atoms with E-state index in [0.717, 1.165) is 43.4 Å². The molecule has 1 unspecified atom stereocenters. The van der Waals surface area contributed by atoms with E-state index < -0.39 is 0 Å². The molecule has 0 saturated carbocycles. The maximum atomic E-state index is 12.2. The summed E-state index contributed by atoms with van der Waals surface area (Å²) in [6.07, 6.45) is 4.98. The number of rotatable bonds is 9. The lowest BCUT2D eigenvalue weighted by Gasteiger charge is -2.24. The normalized spacial score (nSPS) is 16.0. The number of carbonyl (C=O) groups is 2. The van der Waals surface area contributed by atoms with Gasteiger partial charge in [-0.1, -0.05) is 31.0 Å². The second-order valence-corrected chi connectivity index (χ2v) is 6.08. The fourth-order valence-corrected chi connectivity index (χ4v) is 2.83. The summed E-state index contributed by atoms with van der Waals surface area (Å²) in [7, 11) is 0. The van der Waals surface area contributed by atoms with Gasteiger partial charge >= 0.3 is 5.97 Å². The minimum absolute atomic E-state index is 0.0658. The van der Waals surface area contributed by atoms with Gasteiger partial charge in [-0.25, -0.2) is 0 Å². The van der Waals surface area contributed by atoms with Gasteiger partial charge in [0.25, 0.3) is 0 Å². The van der Waals surface area contributed by atoms with E-state index in [-0.39, 0.29) is 17.8 Å². The highest BCUT2D eigenvalue weighted by atomic mass is 16.5. The first kappa shape index (κ1) is 18.3. The number of amides is 1. The SMILES string of the molecule is CCOC(=O)CCCCCCNC(=O)C1COc2ccccc2C1. The number of hydrogen-bond donors (Lipinski definition) is 1. The zero-order valence-electron chi connectivity index (χ0n) is 14.4. The molecule has 1 N–H and O–H groups in total. The number of carbonyl (C=O) groups excluding carboxylic acids is 2. The second-order valence-electron chi connectivity index (χ2n) is 6.08. The highest BCUT2D eigenvalue weighted by molar-refractivity contribution is 5.79. The molecular weight excluding hydrogens is 306 g/mol. The van der Waals surface area contributed by atoms with Gasteiger partial charge in [0, 0.05) is 13.0 Å². The Morgan fingerprint density at radius 3 is 2.83 bits per heavy atom. The van der Waals surface area contributed by atoms with Crippen LogP contribution in [0.4, 0.5) is 0 Å². The average molecular weight is 333 g/mol. The van der Waals surface area contributed by atoms with Crippen LogP contribution in [0.2, 0.25) is 0 Å². The quantitative estimate of drug-likeness (QED) is 0.557. The van der Waals surface area contributed by atoms with Crippen LogP contribution in [-0.4, -0.2) is 31.6 Å². The van der Waals surface area contributed by atoms with Crippen molar-refractivity contribution in [1.82, 2.24) is 5.32 Å². The summed E-state index contributed by atoms with van der Waals surface area (Å²) >= 11 is 0. The Balaban J connectivity index is 1.55. The molecule has 1 amide bonds. The van der Waals surface area contributed by atoms with E-state index in [1.165, 1.54) is 0 Å². The molecule has 2 rings (SSSR count). The molecule has 1 aliphatic rings. The van der Waals surface area contributed by atoms with E-state index >= 15 is 0 Å². The predicted octanol–water partition coefficient (Wildman–Crippen LogP) is 2.87. The van der Waals surface area contributed by atoms with Crippen molar-refractivity contribution < 1.29 is 19.1 Å². The van der Waals surface area contributed by atoms with Gasteiger partial charge in [-0.15, -0.1) is 0 Å². The lowest BCUT2D eigenvalue weighted by Crippen LogP contribution is -2.37. The summed E-state index contributed by atoms with van der Waals surface area (Å²) in [5.41, 5.74) is 1.10. The van der Waals surface area contributed by atoms with Gasteiger partial charge in [-0.2, -0.15) is 0 Å². The molecule has 0 spiro atoms. The molecule has 1 aliphatic heterocycles. The molecule has 0 aliphatic carbocycles. The summed E-state index contributed by atoms with van der Waals surface area (Å²) < 4.78 is 10.5. The molecule has 0 aromatic heterocycles. The van der Waals surface area contributed by atoms with Gasteiger partial charge in [0.15, 0.2) is 0 Å². The Kier molecular flexibility index (Phi) is 7.59. The van der Waals surface area contributed by atoms with Crippen LogP contribution in [0.5, 0.6) is 5.75 Å². The number of esters is 1. The third-order valence-electron chi connectivity index (χ3n) is 4.16. The Bertz CT molecular complexity index is 544. The molecule has 0 fully saturated rings. The molecule has 1 atom stereocenters. The van der Waals surface area contributed by atoms with Gasteiger partial charge in [0.1, 0.15) is 12.4 Å². The van der Waals surface area contributed by atoms with E-state index in [2.05, 4.69) is 5.32 Å². The van der Waals surface area contributed by atoms with Gasteiger partial charge in [0.2, 0.25) is 5.91 Å². The first-order chi connectivity index (χ1) is 11.7. The number of unbranched alkanes of at least 4 members (excludes halogenated alkanes) is 3. The molecule has 132 valence electrons. The number of hydrogen-bond acceptors (Lipinski definition) is 4. The summed E-state index contributed by atoms with van der Waals surface area (Å²) in [4.78, 5) is 23.4. The lowest BCUT2D eigenvalue weighted by molar-refractivity contribution is -0.143. The first-order valence-electron chi connectivity index (χ1n) is 8.84. The molecule has 0 saturated heterocycles. The van der Waals surface area contributed by atoms with Crippen molar-refractivity contribution in [1.29, 1.82) is 0 Å². The molecule has 1 aromatic carbocycles. The summed E-state index contributed by atoms with van der Waals surface area (Å²) in [5.74, 6) is 0.728. The van der Waals surface area contributed by atoms with Crippen molar-refractivity contribution in [3.05, 3.63) is 29.8 Å². The predicted molar refractivity (Wildman–Crippen MR) is 91.9 cm³/mol. The van der Waals surface area contributed by atoms with Gasteiger partial charge in [0.05, 0.1) is 12.5 Å². The summed E-state index contributed by atoms with van der Waals surface area (Å²) in [6, 6.07) is 7.87. The smallest absolute Gasteiger partial charge is 0.305 e. The minimum atomic E-state index is -0.122. The van der Waals surface area contributed by atoms with Crippen LogP contribution in [0.1, 0.15) is 44.6 Å². The zero-order valence-corrected chi connectivity index (χ0v) is 14.4. The number of fused-ring (bicyclic) bond motifs is 1. The van der Waals surface area contributed by atoms with E-state index in [9.17, 15) is 9.59 Å². The Morgan fingerprint density at radius 1 is 1.21 bits per heavy atom. The Hall–Kier alpha value is -2.04. The van der Waals surface area contributed by atoms with Crippen LogP contribution in [0.15, 0.2) is 24.3 Å². The Morgan fingerprint density at radius 2 is 2.00 bits per heavy atom. The van der Waals surface area contributed by atoms with E-state index in [0.29, 0.717) is 26.2 Å². The summed E-state index contributed by atoms with van der Waals surface area (Å²) in [5, 5.41) is 2.99. The number of ether oxygens (including phenoxy) is 2. The fraction of sp³-hybridized carbons (Fsp3) is 0.579. The van der Waals surface area contributed by atoms with E-state index in [1.807, 2.05) is 31.2 Å². The van der Waals surface area contributed by atoms with Crippen LogP contribution in [0.25, 0.3) is 0 Å². The molecule has 1 heterocycles. The average Bonchev–Trinajstić information content (AvgIpc) is 2.60. The van der Waals surface area contributed by atoms with Crippen LogP contribution in [0.3, 0.4) is 0 Å². The molecular formula is C19H27NO4. The van der Waals surface area contributed by atoms with Gasteiger partial charge < -0.3 is 14.8 Å². The third kappa shape index (κ3) is 5.87. The van der Waals surface area contributed by atoms with Crippen molar-refractivity contribution in [2.75, 3.05) is 19.8 Å². The second kappa shape index (κ2) is 9.96. The van der Waals surface area contributed by atoms with E-state index in [4.69, 9.17) is 9.47 Å². The lowest BCUT2D eigenvalue weighted by atomic mass is 9.96. The highest BCUT2D eigenvalue weighted by Gasteiger charge is 2.25. The molecule has 1 aromatic rings. The van der Waals surface area contributed by atoms with Crippen molar-refractivity contribution in [2.45, 2.75) is 45.4 Å². The summed E-state index contributed by atoms with van der Waals surface area (Å²) in [6.45, 7) is 3.38. The number of nitrogens with one attached hydrogen (secondary N) is 1. The van der Waals surface area contributed by atoms with Crippen LogP contribution < -0.4 is 10.1 Å². The standard InChI is InChI=1S/C19H27NO4/c1-2-23-18(21)11-5-3-4-8-12-20-19(22)16-13-15-9-6-7-10-17(15)24-14-16/h6-7,9-10,16H,2-5,8,11-14H2,1H3,(H,20,22). The van der Waals surface area contributed by atoms with Crippen molar-refractivity contribution in [3.63, 3.8) is 0 Å². The first-order valence-corrected chi connectivity index (χ1v) is 8.84. The highest BCUT2D eigenvalue weighted by Crippen LogP contribution is 2.26. The molecule has 5 nitrogen and oxygen atoms in total. The third-order valence-corrected chi connectivity index (χ3v) is 4.16. The minimum Gasteiger partial charge on any atom is -0.492 e. The van der Waals surface area contributed by atoms with Crippen LogP contribution in [-0.2, 0) is 20.7 Å². The monoisotopic (exact) mass is 333 g/mol. The maximum Gasteiger partial charge on any atom is 0.305 e. The molecule has 24 heavy (non-hydrogen) atoms. The number of para-hydroxylation sites is 1. The topological polar surface area (TPSA) is 64.6 Å². The van der Waals surface area contributed by atoms with Crippen molar-refractivity contribution in [3.8, 4) is 5.75 Å². The Labute approximate surface area is 143 Å². The molecule has 5 heteroatoms. The van der Waals surface area contributed by atoms with E-state index in [1.54, 1.807) is 0 Å². The molecule has 0 radical (unpaired) electrons. The maximum absolute atomic E-state index is 12.2. The zero-order chi connectivity index (χ0) is 17.2. The van der Waals surface area contributed by atoms with Gasteiger partial charge in [-0.05, 0) is 37.8 Å². The number of benzene rings is 1. The van der Waals surface area contributed by atoms with Crippen LogP contribution in [0, 0.1) is 5.92 Å². The van der Waals surface area contributed by atoms with Gasteiger partial charge in [-0.3, -0.25) is 9.59 Å². The van der Waals surface area contributed by atoms with Crippen molar-refractivity contribution in [2.24, 2.45) is 5.92 Å².